The van der Waals surface area contributed by atoms with Gasteiger partial charge in [-0.25, -0.2) is 0 Å². The highest BCUT2D eigenvalue weighted by atomic mass is 16.3. The molecule has 0 saturated carbocycles. The van der Waals surface area contributed by atoms with Crippen LogP contribution in [0, 0.1) is 0 Å². The van der Waals surface area contributed by atoms with Gasteiger partial charge >= 0.3 is 0 Å². The Bertz CT molecular complexity index is 230. The van der Waals surface area contributed by atoms with Crippen molar-refractivity contribution < 1.29 is 9.90 Å². The Balaban J connectivity index is 2.47. The molecule has 4 heteroatoms. The number of carbonyl (C=O) groups excluding carboxylic acids is 1. The normalized spacial score (nSPS) is 17.6. The smallest absolute Gasteiger partial charge is 0.247 e. The Morgan fingerprint density at radius 3 is 2.69 bits per heavy atom. The molecule has 1 saturated heterocycles. The minimum Gasteiger partial charge on any atom is -0.394 e. The van der Waals surface area contributed by atoms with Gasteiger partial charge < -0.3 is 15.7 Å². The van der Waals surface area contributed by atoms with Gasteiger partial charge in [-0.3, -0.25) is 4.79 Å². The second-order valence-corrected chi connectivity index (χ2v) is 3.39. The maximum Gasteiger partial charge on any atom is 0.247 e. The maximum absolute atomic E-state index is 11.4. The van der Waals surface area contributed by atoms with Crippen molar-refractivity contribution in [3.8, 4) is 0 Å². The molecule has 13 heavy (non-hydrogen) atoms. The lowest BCUT2D eigenvalue weighted by molar-refractivity contribution is -0.118. The van der Waals surface area contributed by atoms with Crippen molar-refractivity contribution in [3.63, 3.8) is 0 Å². The number of aliphatic hydroxyl groups excluding tert-OH is 1. The topological polar surface area (TPSA) is 61.4 Å². The van der Waals surface area contributed by atoms with Gasteiger partial charge in [0.15, 0.2) is 0 Å². The molecule has 1 aliphatic heterocycles. The van der Waals surface area contributed by atoms with Gasteiger partial charge in [0.2, 0.25) is 5.91 Å². The molecule has 1 aliphatic rings. The predicted molar refractivity (Wildman–Crippen MR) is 50.3 cm³/mol. The Hall–Kier alpha value is -0.870. The lowest BCUT2D eigenvalue weighted by atomic mass is 10.0. The molecule has 0 aromatic rings. The number of carbonyl (C=O) groups is 1. The summed E-state index contributed by atoms with van der Waals surface area (Å²) >= 11 is 0. The molecule has 0 aromatic heterocycles. The van der Waals surface area contributed by atoms with Crippen LogP contribution in [-0.4, -0.2) is 36.8 Å². The van der Waals surface area contributed by atoms with E-state index >= 15 is 0 Å². The summed E-state index contributed by atoms with van der Waals surface area (Å²) in [5.74, 6) is -0.0712. The average Bonchev–Trinajstić information content (AvgIpc) is 2.00. The number of amides is 1. The first-order chi connectivity index (χ1) is 6.15. The third kappa shape index (κ3) is 2.54. The van der Waals surface area contributed by atoms with E-state index < -0.39 is 0 Å². The number of rotatable bonds is 3. The largest absolute Gasteiger partial charge is 0.394 e. The lowest BCUT2D eigenvalue weighted by Gasteiger charge is -2.22. The predicted octanol–water partition coefficient (Wildman–Crippen LogP) is -0.597. The van der Waals surface area contributed by atoms with Crippen molar-refractivity contribution in [1.29, 1.82) is 0 Å². The first-order valence-electron chi connectivity index (χ1n) is 4.46. The van der Waals surface area contributed by atoms with Crippen molar-refractivity contribution in [2.24, 2.45) is 0 Å². The van der Waals surface area contributed by atoms with E-state index in [-0.39, 0.29) is 18.6 Å². The van der Waals surface area contributed by atoms with E-state index in [1.54, 1.807) is 6.92 Å². The van der Waals surface area contributed by atoms with E-state index in [9.17, 15) is 4.79 Å². The van der Waals surface area contributed by atoms with Crippen LogP contribution in [0.3, 0.4) is 0 Å². The maximum atomic E-state index is 11.4. The van der Waals surface area contributed by atoms with Crippen LogP contribution < -0.4 is 10.6 Å². The summed E-state index contributed by atoms with van der Waals surface area (Å²) in [4.78, 5) is 11.4. The van der Waals surface area contributed by atoms with Crippen LogP contribution in [0.25, 0.3) is 0 Å². The molecular weight excluding hydrogens is 168 g/mol. The van der Waals surface area contributed by atoms with Gasteiger partial charge in [0.05, 0.1) is 6.61 Å². The zero-order valence-electron chi connectivity index (χ0n) is 8.05. The molecule has 3 N–H and O–H groups in total. The van der Waals surface area contributed by atoms with E-state index in [1.165, 1.54) is 0 Å². The van der Waals surface area contributed by atoms with E-state index in [0.717, 1.165) is 24.2 Å². The summed E-state index contributed by atoms with van der Waals surface area (Å²) in [5.41, 5.74) is 1.93. The van der Waals surface area contributed by atoms with Crippen LogP contribution in [-0.2, 0) is 4.79 Å². The fourth-order valence-corrected chi connectivity index (χ4v) is 1.05. The lowest BCUT2D eigenvalue weighted by Crippen LogP contribution is -2.40. The van der Waals surface area contributed by atoms with Crippen molar-refractivity contribution >= 4 is 5.91 Å². The summed E-state index contributed by atoms with van der Waals surface area (Å²) in [6.07, 6.45) is 0. The Labute approximate surface area is 78.0 Å². The fourth-order valence-electron chi connectivity index (χ4n) is 1.05. The van der Waals surface area contributed by atoms with Gasteiger partial charge in [-0.2, -0.15) is 0 Å². The van der Waals surface area contributed by atoms with E-state index in [4.69, 9.17) is 5.11 Å². The second-order valence-electron chi connectivity index (χ2n) is 3.39. The van der Waals surface area contributed by atoms with Gasteiger partial charge in [-0.15, -0.1) is 0 Å². The van der Waals surface area contributed by atoms with Crippen molar-refractivity contribution in [3.05, 3.63) is 11.1 Å². The van der Waals surface area contributed by atoms with Crippen LogP contribution >= 0.6 is 0 Å². The summed E-state index contributed by atoms with van der Waals surface area (Å²) in [6.45, 7) is 5.19. The molecular formula is C9H16N2O2. The summed E-state index contributed by atoms with van der Waals surface area (Å²) in [6, 6.07) is -0.170. The molecule has 4 nitrogen and oxygen atoms in total. The summed E-state index contributed by atoms with van der Waals surface area (Å²) in [7, 11) is 0. The minimum absolute atomic E-state index is 0.0212. The highest BCUT2D eigenvalue weighted by Crippen LogP contribution is 2.08. The average molecular weight is 184 g/mol. The zero-order chi connectivity index (χ0) is 9.84. The van der Waals surface area contributed by atoms with Crippen molar-refractivity contribution in [1.82, 2.24) is 10.6 Å². The molecule has 1 atom stereocenters. The molecule has 0 aromatic carbocycles. The van der Waals surface area contributed by atoms with E-state index in [0.29, 0.717) is 0 Å². The minimum atomic E-state index is -0.170. The standard InChI is InChI=1S/C9H16N2O2/c1-6(5-12)11-9(13)7(2)8-3-10-4-8/h6,10,12H,3-5H2,1-2H3,(H,11,13)/t6-/m1/s1. The van der Waals surface area contributed by atoms with E-state index in [2.05, 4.69) is 10.6 Å². The molecule has 1 heterocycles. The molecule has 1 rings (SSSR count). The van der Waals surface area contributed by atoms with Crippen molar-refractivity contribution in [2.45, 2.75) is 19.9 Å². The molecule has 1 fully saturated rings. The van der Waals surface area contributed by atoms with Crippen LogP contribution in [0.5, 0.6) is 0 Å². The zero-order valence-corrected chi connectivity index (χ0v) is 8.05. The van der Waals surface area contributed by atoms with Crippen LogP contribution in [0.2, 0.25) is 0 Å². The van der Waals surface area contributed by atoms with Gasteiger partial charge in [0.25, 0.3) is 0 Å². The third-order valence-electron chi connectivity index (χ3n) is 2.20. The monoisotopic (exact) mass is 184 g/mol. The van der Waals surface area contributed by atoms with Crippen molar-refractivity contribution in [2.75, 3.05) is 19.7 Å². The molecule has 0 unspecified atom stereocenters. The first kappa shape index (κ1) is 10.2. The van der Waals surface area contributed by atoms with Gasteiger partial charge in [0, 0.05) is 24.7 Å². The number of aliphatic hydroxyl groups is 1. The quantitative estimate of drug-likeness (QED) is 0.513. The van der Waals surface area contributed by atoms with Gasteiger partial charge in [-0.05, 0) is 19.4 Å². The number of hydrogen-bond donors (Lipinski definition) is 3. The Kier molecular flexibility index (Phi) is 3.45. The Morgan fingerprint density at radius 2 is 2.31 bits per heavy atom. The van der Waals surface area contributed by atoms with Crippen LogP contribution in [0.15, 0.2) is 11.1 Å². The van der Waals surface area contributed by atoms with Gasteiger partial charge in [-0.1, -0.05) is 0 Å². The molecule has 0 radical (unpaired) electrons. The number of nitrogens with one attached hydrogen (secondary N) is 2. The second kappa shape index (κ2) is 4.39. The van der Waals surface area contributed by atoms with E-state index in [1.807, 2.05) is 6.92 Å². The highest BCUT2D eigenvalue weighted by molar-refractivity contribution is 5.94. The van der Waals surface area contributed by atoms with Gasteiger partial charge in [0.1, 0.15) is 0 Å². The van der Waals surface area contributed by atoms with Crippen LogP contribution in [0.4, 0.5) is 0 Å². The highest BCUT2D eigenvalue weighted by Gasteiger charge is 2.16. The summed E-state index contributed by atoms with van der Waals surface area (Å²) < 4.78 is 0. The SMILES string of the molecule is CC(C(=O)N[C@H](C)CO)=C1CNC1. The third-order valence-corrected chi connectivity index (χ3v) is 2.20. The fraction of sp³-hybridized carbons (Fsp3) is 0.667. The first-order valence-corrected chi connectivity index (χ1v) is 4.46. The molecule has 0 bridgehead atoms. The van der Waals surface area contributed by atoms with Crippen LogP contribution in [0.1, 0.15) is 13.8 Å². The summed E-state index contributed by atoms with van der Waals surface area (Å²) in [5, 5.41) is 14.5. The molecule has 0 spiro atoms. The molecule has 74 valence electrons. The molecule has 0 aliphatic carbocycles. The number of hydrogen-bond acceptors (Lipinski definition) is 3. The Morgan fingerprint density at radius 1 is 1.69 bits per heavy atom. The molecule has 1 amide bonds.